The van der Waals surface area contributed by atoms with Crippen LogP contribution in [0.5, 0.6) is 5.75 Å². The van der Waals surface area contributed by atoms with Gasteiger partial charge in [0, 0.05) is 38.4 Å². The van der Waals surface area contributed by atoms with E-state index >= 15 is 0 Å². The summed E-state index contributed by atoms with van der Waals surface area (Å²) in [6.45, 7) is 11.5. The number of nitrogens with one attached hydrogen (secondary N) is 1. The average molecular weight is 446 g/mol. The maximum absolute atomic E-state index is 12.6. The van der Waals surface area contributed by atoms with E-state index in [1.54, 1.807) is 19.2 Å². The fourth-order valence-electron chi connectivity index (χ4n) is 4.19. The van der Waals surface area contributed by atoms with Gasteiger partial charge in [-0.15, -0.1) is 0 Å². The van der Waals surface area contributed by atoms with Crippen molar-refractivity contribution < 1.29 is 13.2 Å². The van der Waals surface area contributed by atoms with Crippen LogP contribution in [0.2, 0.25) is 0 Å². The predicted octanol–water partition coefficient (Wildman–Crippen LogP) is 3.50. The van der Waals surface area contributed by atoms with Crippen LogP contribution in [-0.2, 0) is 10.0 Å². The van der Waals surface area contributed by atoms with Crippen LogP contribution < -0.4 is 14.4 Å². The molecule has 0 aliphatic carbocycles. The van der Waals surface area contributed by atoms with Gasteiger partial charge in [0.1, 0.15) is 5.75 Å². The van der Waals surface area contributed by atoms with Gasteiger partial charge in [-0.2, -0.15) is 0 Å². The predicted molar refractivity (Wildman–Crippen MR) is 127 cm³/mol. The topological polar surface area (TPSA) is 61.9 Å². The lowest BCUT2D eigenvalue weighted by Gasteiger charge is -2.36. The van der Waals surface area contributed by atoms with E-state index in [4.69, 9.17) is 4.74 Å². The van der Waals surface area contributed by atoms with Gasteiger partial charge in [0.05, 0.1) is 12.0 Å². The highest BCUT2D eigenvalue weighted by Crippen LogP contribution is 2.26. The standard InChI is InChI=1S/C24H35N3O3S/c1-19-8-7-9-22(16-19)27-14-12-26(13-15-27)11-6-5-10-25-31(28,29)23-17-20(2)24(30-4)21(3)18-23/h7-9,16-18,25H,5-6,10-15H2,1-4H3. The number of unbranched alkanes of at least 4 members (excludes halogenated alkanes) is 1. The fraction of sp³-hybridized carbons (Fsp3) is 0.500. The molecule has 2 aromatic carbocycles. The number of hydrogen-bond donors (Lipinski definition) is 1. The van der Waals surface area contributed by atoms with Gasteiger partial charge in [-0.1, -0.05) is 12.1 Å². The first-order chi connectivity index (χ1) is 14.8. The number of hydrogen-bond acceptors (Lipinski definition) is 5. The molecule has 1 fully saturated rings. The fourth-order valence-corrected chi connectivity index (χ4v) is 5.44. The van der Waals surface area contributed by atoms with Gasteiger partial charge >= 0.3 is 0 Å². The van der Waals surface area contributed by atoms with E-state index in [0.29, 0.717) is 11.4 Å². The number of aryl methyl sites for hydroxylation is 3. The molecule has 6 nitrogen and oxygen atoms in total. The second-order valence-electron chi connectivity index (χ2n) is 8.36. The smallest absolute Gasteiger partial charge is 0.240 e. The molecule has 3 rings (SSSR count). The van der Waals surface area contributed by atoms with E-state index in [1.165, 1.54) is 11.3 Å². The normalized spacial score (nSPS) is 15.3. The Morgan fingerprint density at radius 1 is 0.968 bits per heavy atom. The van der Waals surface area contributed by atoms with E-state index in [2.05, 4.69) is 45.7 Å². The van der Waals surface area contributed by atoms with Crippen molar-refractivity contribution in [2.45, 2.75) is 38.5 Å². The van der Waals surface area contributed by atoms with Crippen molar-refractivity contribution in [3.05, 3.63) is 53.1 Å². The average Bonchev–Trinajstić information content (AvgIpc) is 2.73. The lowest BCUT2D eigenvalue weighted by molar-refractivity contribution is 0.253. The molecule has 0 spiro atoms. The summed E-state index contributed by atoms with van der Waals surface area (Å²) in [5.74, 6) is 0.737. The van der Waals surface area contributed by atoms with Crippen molar-refractivity contribution in [3.63, 3.8) is 0 Å². The lowest BCUT2D eigenvalue weighted by Crippen LogP contribution is -2.46. The maximum Gasteiger partial charge on any atom is 0.240 e. The van der Waals surface area contributed by atoms with E-state index in [-0.39, 0.29) is 0 Å². The molecular weight excluding hydrogens is 410 g/mol. The Bertz CT molecular complexity index is 960. The van der Waals surface area contributed by atoms with Crippen molar-refractivity contribution in [2.24, 2.45) is 0 Å². The molecule has 2 aromatic rings. The Morgan fingerprint density at radius 2 is 1.65 bits per heavy atom. The van der Waals surface area contributed by atoms with Crippen LogP contribution in [0.1, 0.15) is 29.5 Å². The molecule has 0 radical (unpaired) electrons. The highest BCUT2D eigenvalue weighted by Gasteiger charge is 2.18. The first kappa shape index (κ1) is 23.6. The Morgan fingerprint density at radius 3 is 2.26 bits per heavy atom. The second-order valence-corrected chi connectivity index (χ2v) is 10.1. The lowest BCUT2D eigenvalue weighted by atomic mass is 10.1. The zero-order chi connectivity index (χ0) is 22.4. The van der Waals surface area contributed by atoms with Gasteiger partial charge in [-0.3, -0.25) is 4.90 Å². The Balaban J connectivity index is 1.40. The van der Waals surface area contributed by atoms with Gasteiger partial charge in [-0.05, 0) is 81.1 Å². The number of nitrogens with zero attached hydrogens (tertiary/aromatic N) is 2. The molecule has 31 heavy (non-hydrogen) atoms. The van der Waals surface area contributed by atoms with Gasteiger partial charge in [0.15, 0.2) is 0 Å². The van der Waals surface area contributed by atoms with Crippen molar-refractivity contribution in [1.29, 1.82) is 0 Å². The minimum absolute atomic E-state index is 0.301. The molecule has 1 N–H and O–H groups in total. The van der Waals surface area contributed by atoms with Crippen LogP contribution in [0.3, 0.4) is 0 Å². The van der Waals surface area contributed by atoms with Crippen LogP contribution in [0.4, 0.5) is 5.69 Å². The minimum atomic E-state index is -3.50. The zero-order valence-electron chi connectivity index (χ0n) is 19.1. The second kappa shape index (κ2) is 10.5. The third kappa shape index (κ3) is 6.21. The minimum Gasteiger partial charge on any atom is -0.496 e. The summed E-state index contributed by atoms with van der Waals surface area (Å²) in [6.07, 6.45) is 1.80. The van der Waals surface area contributed by atoms with E-state index < -0.39 is 10.0 Å². The molecular formula is C24H35N3O3S. The molecule has 0 amide bonds. The van der Waals surface area contributed by atoms with Crippen molar-refractivity contribution in [1.82, 2.24) is 9.62 Å². The molecule has 7 heteroatoms. The summed E-state index contributed by atoms with van der Waals surface area (Å²) < 4.78 is 33.3. The quantitative estimate of drug-likeness (QED) is 0.599. The molecule has 0 aromatic heterocycles. The maximum atomic E-state index is 12.6. The first-order valence-electron chi connectivity index (χ1n) is 11.0. The molecule has 0 atom stereocenters. The number of ether oxygens (including phenoxy) is 1. The molecule has 0 bridgehead atoms. The number of anilines is 1. The third-order valence-electron chi connectivity index (χ3n) is 5.88. The van der Waals surface area contributed by atoms with E-state index in [1.807, 2.05) is 13.8 Å². The number of piperazine rings is 1. The Kier molecular flexibility index (Phi) is 7.97. The zero-order valence-corrected chi connectivity index (χ0v) is 20.0. The summed E-state index contributed by atoms with van der Waals surface area (Å²) >= 11 is 0. The molecule has 1 heterocycles. The van der Waals surface area contributed by atoms with Crippen molar-refractivity contribution in [3.8, 4) is 5.75 Å². The molecule has 1 aliphatic heterocycles. The summed E-state index contributed by atoms with van der Waals surface area (Å²) in [7, 11) is -1.90. The van der Waals surface area contributed by atoms with Crippen molar-refractivity contribution in [2.75, 3.05) is 51.3 Å². The number of sulfonamides is 1. The summed E-state index contributed by atoms with van der Waals surface area (Å²) in [6, 6.07) is 12.0. The molecule has 0 saturated carbocycles. The Labute approximate surface area is 187 Å². The molecule has 1 saturated heterocycles. The number of rotatable bonds is 9. The van der Waals surface area contributed by atoms with E-state index in [0.717, 1.165) is 62.4 Å². The van der Waals surface area contributed by atoms with Crippen LogP contribution in [0, 0.1) is 20.8 Å². The monoisotopic (exact) mass is 445 g/mol. The highest BCUT2D eigenvalue weighted by molar-refractivity contribution is 7.89. The van der Waals surface area contributed by atoms with Gasteiger partial charge in [-0.25, -0.2) is 13.1 Å². The van der Waals surface area contributed by atoms with Gasteiger partial charge in [0.2, 0.25) is 10.0 Å². The van der Waals surface area contributed by atoms with Crippen LogP contribution in [0.15, 0.2) is 41.3 Å². The largest absolute Gasteiger partial charge is 0.496 e. The van der Waals surface area contributed by atoms with Crippen molar-refractivity contribution >= 4 is 15.7 Å². The van der Waals surface area contributed by atoms with Crippen LogP contribution in [-0.4, -0.2) is 59.7 Å². The highest BCUT2D eigenvalue weighted by atomic mass is 32.2. The summed E-state index contributed by atoms with van der Waals surface area (Å²) in [5, 5.41) is 0. The van der Waals surface area contributed by atoms with Crippen LogP contribution >= 0.6 is 0 Å². The third-order valence-corrected chi connectivity index (χ3v) is 7.32. The summed E-state index contributed by atoms with van der Waals surface area (Å²) in [4.78, 5) is 5.21. The van der Waals surface area contributed by atoms with Crippen LogP contribution in [0.25, 0.3) is 0 Å². The van der Waals surface area contributed by atoms with Gasteiger partial charge in [0.25, 0.3) is 0 Å². The molecule has 0 unspecified atom stereocenters. The number of methoxy groups -OCH3 is 1. The first-order valence-corrected chi connectivity index (χ1v) is 12.5. The molecule has 1 aliphatic rings. The van der Waals surface area contributed by atoms with Gasteiger partial charge < -0.3 is 9.64 Å². The summed E-state index contributed by atoms with van der Waals surface area (Å²) in [5.41, 5.74) is 4.25. The Hall–Kier alpha value is -2.09. The SMILES string of the molecule is COc1c(C)cc(S(=O)(=O)NCCCCN2CCN(c3cccc(C)c3)CC2)cc1C. The number of benzene rings is 2. The van der Waals surface area contributed by atoms with E-state index in [9.17, 15) is 8.42 Å². The molecule has 170 valence electrons.